The predicted octanol–water partition coefficient (Wildman–Crippen LogP) is 4.81. The molecular formula is C28H27O8. The van der Waals surface area contributed by atoms with Crippen molar-refractivity contribution >= 4 is 24.7 Å². The first-order chi connectivity index (χ1) is 17.3. The SMILES string of the molecule is C=CC.C=O.COC(=O)C1=C[CH]C(OC(=O)c2ccc(O)cc2)=CC=C1OC(=O)c1ccc(C)cc1. The third-order valence-electron chi connectivity index (χ3n) is 4.29. The molecule has 1 aliphatic carbocycles. The molecule has 0 spiro atoms. The third kappa shape index (κ3) is 8.90. The molecule has 8 heteroatoms. The molecule has 187 valence electrons. The monoisotopic (exact) mass is 491 g/mol. The largest absolute Gasteiger partial charge is 0.508 e. The van der Waals surface area contributed by atoms with Gasteiger partial charge in [0, 0.05) is 6.42 Å². The fourth-order valence-corrected chi connectivity index (χ4v) is 2.60. The molecule has 0 saturated heterocycles. The summed E-state index contributed by atoms with van der Waals surface area (Å²) < 4.78 is 15.5. The molecule has 0 unspecified atom stereocenters. The molecule has 0 aliphatic heterocycles. The zero-order valence-corrected chi connectivity index (χ0v) is 20.2. The van der Waals surface area contributed by atoms with Crippen molar-refractivity contribution in [1.82, 2.24) is 0 Å². The predicted molar refractivity (Wildman–Crippen MR) is 134 cm³/mol. The van der Waals surface area contributed by atoms with Gasteiger partial charge >= 0.3 is 17.9 Å². The van der Waals surface area contributed by atoms with Crippen molar-refractivity contribution in [2.45, 2.75) is 13.8 Å². The van der Waals surface area contributed by atoms with Gasteiger partial charge in [-0.25, -0.2) is 14.4 Å². The van der Waals surface area contributed by atoms with E-state index in [-0.39, 0.29) is 28.4 Å². The maximum absolute atomic E-state index is 12.5. The van der Waals surface area contributed by atoms with Crippen molar-refractivity contribution in [3.05, 3.63) is 120 Å². The molecule has 3 rings (SSSR count). The Hall–Kier alpha value is -4.72. The van der Waals surface area contributed by atoms with E-state index in [1.165, 1.54) is 56.0 Å². The van der Waals surface area contributed by atoms with E-state index < -0.39 is 17.9 Å². The number of aryl methyl sites for hydroxylation is 1. The molecule has 2 aromatic rings. The number of aromatic hydroxyl groups is 1. The highest BCUT2D eigenvalue weighted by atomic mass is 16.6. The quantitative estimate of drug-likeness (QED) is 0.360. The molecule has 1 radical (unpaired) electrons. The first kappa shape index (κ1) is 29.3. The summed E-state index contributed by atoms with van der Waals surface area (Å²) in [6.07, 6.45) is 7.21. The first-order valence-corrected chi connectivity index (χ1v) is 10.5. The van der Waals surface area contributed by atoms with Gasteiger partial charge in [0.15, 0.2) is 0 Å². The van der Waals surface area contributed by atoms with Crippen LogP contribution in [0.2, 0.25) is 0 Å². The standard InChI is InChI=1S/C24H19O7.C3H6.CH2O/c1-15-3-5-16(6-4-15)23(27)31-21-14-12-19(11-13-20(21)24(28)29-2)30-22(26)17-7-9-18(25)10-8-17;1-3-2;1-2/h3-14,25H,1-2H3;3H,1H2,2H3;1H2. The number of carbonyl (C=O) groups is 4. The Kier molecular flexibility index (Phi) is 12.4. The molecule has 0 aromatic heterocycles. The van der Waals surface area contributed by atoms with Crippen molar-refractivity contribution in [2.75, 3.05) is 7.11 Å². The van der Waals surface area contributed by atoms with E-state index in [2.05, 4.69) is 6.58 Å². The van der Waals surface area contributed by atoms with Crippen LogP contribution in [0.1, 0.15) is 33.2 Å². The molecular weight excluding hydrogens is 464 g/mol. The molecule has 1 N–H and O–H groups in total. The summed E-state index contributed by atoms with van der Waals surface area (Å²) in [6.45, 7) is 9.14. The minimum absolute atomic E-state index is 0.0186. The first-order valence-electron chi connectivity index (χ1n) is 10.5. The molecule has 2 aromatic carbocycles. The summed E-state index contributed by atoms with van der Waals surface area (Å²) in [5, 5.41) is 9.33. The van der Waals surface area contributed by atoms with Gasteiger partial charge in [0.05, 0.1) is 23.8 Å². The summed E-state index contributed by atoms with van der Waals surface area (Å²) in [5.74, 6) is -1.96. The number of phenols is 1. The summed E-state index contributed by atoms with van der Waals surface area (Å²) in [6, 6.07) is 12.3. The van der Waals surface area contributed by atoms with Crippen molar-refractivity contribution in [1.29, 1.82) is 0 Å². The van der Waals surface area contributed by atoms with E-state index >= 15 is 0 Å². The fraction of sp³-hybridized carbons (Fsp3) is 0.107. The Balaban J connectivity index is 0.00000120. The minimum Gasteiger partial charge on any atom is -0.508 e. The minimum atomic E-state index is -0.723. The topological polar surface area (TPSA) is 116 Å². The van der Waals surface area contributed by atoms with Gasteiger partial charge < -0.3 is 24.1 Å². The highest BCUT2D eigenvalue weighted by Gasteiger charge is 2.23. The third-order valence-corrected chi connectivity index (χ3v) is 4.29. The van der Waals surface area contributed by atoms with Gasteiger partial charge in [0.25, 0.3) is 0 Å². The fourth-order valence-electron chi connectivity index (χ4n) is 2.60. The Labute approximate surface area is 209 Å². The second-order valence-corrected chi connectivity index (χ2v) is 6.94. The van der Waals surface area contributed by atoms with E-state index in [9.17, 15) is 19.5 Å². The van der Waals surface area contributed by atoms with Gasteiger partial charge in [-0.1, -0.05) is 29.8 Å². The number of benzene rings is 2. The molecule has 36 heavy (non-hydrogen) atoms. The van der Waals surface area contributed by atoms with Crippen molar-refractivity contribution in [2.24, 2.45) is 0 Å². The van der Waals surface area contributed by atoms with E-state index in [0.717, 1.165) is 5.56 Å². The number of esters is 3. The molecule has 0 fully saturated rings. The Morgan fingerprint density at radius 2 is 1.31 bits per heavy atom. The lowest BCUT2D eigenvalue weighted by molar-refractivity contribution is -0.136. The highest BCUT2D eigenvalue weighted by Crippen LogP contribution is 2.23. The molecule has 0 atom stereocenters. The van der Waals surface area contributed by atoms with Crippen molar-refractivity contribution in [3.63, 3.8) is 0 Å². The van der Waals surface area contributed by atoms with Crippen LogP contribution in [-0.4, -0.2) is 36.9 Å². The lowest BCUT2D eigenvalue weighted by Crippen LogP contribution is -2.13. The molecule has 0 saturated carbocycles. The Morgan fingerprint density at radius 1 is 0.806 bits per heavy atom. The average molecular weight is 492 g/mol. The Bertz CT molecular complexity index is 1150. The Morgan fingerprint density at radius 3 is 1.83 bits per heavy atom. The molecule has 0 bridgehead atoms. The molecule has 0 heterocycles. The summed E-state index contributed by atoms with van der Waals surface area (Å²) >= 11 is 0. The number of phenolic OH excluding ortho intramolecular Hbond substituents is 1. The number of ether oxygens (including phenoxy) is 3. The van der Waals surface area contributed by atoms with Crippen LogP contribution in [0.4, 0.5) is 0 Å². The lowest BCUT2D eigenvalue weighted by atomic mass is 10.1. The van der Waals surface area contributed by atoms with Crippen molar-refractivity contribution < 1.29 is 38.5 Å². The highest BCUT2D eigenvalue weighted by molar-refractivity contribution is 5.96. The smallest absolute Gasteiger partial charge is 0.343 e. The molecule has 8 nitrogen and oxygen atoms in total. The van der Waals surface area contributed by atoms with Gasteiger partial charge in [-0.05, 0) is 62.4 Å². The normalized spacial score (nSPS) is 11.8. The van der Waals surface area contributed by atoms with Crippen LogP contribution in [-0.2, 0) is 23.8 Å². The van der Waals surface area contributed by atoms with Crippen molar-refractivity contribution in [3.8, 4) is 5.75 Å². The number of methoxy groups -OCH3 is 1. The number of rotatable bonds is 5. The summed E-state index contributed by atoms with van der Waals surface area (Å²) in [7, 11) is 1.20. The van der Waals surface area contributed by atoms with Gasteiger partial charge in [-0.15, -0.1) is 6.58 Å². The zero-order chi connectivity index (χ0) is 27.1. The van der Waals surface area contributed by atoms with Crippen LogP contribution in [0.15, 0.2) is 96.5 Å². The van der Waals surface area contributed by atoms with E-state index in [1.54, 1.807) is 30.3 Å². The van der Waals surface area contributed by atoms with E-state index in [0.29, 0.717) is 5.56 Å². The van der Waals surface area contributed by atoms with Gasteiger partial charge in [0.1, 0.15) is 24.1 Å². The van der Waals surface area contributed by atoms with E-state index in [1.807, 2.05) is 20.6 Å². The second-order valence-electron chi connectivity index (χ2n) is 6.94. The number of carbonyl (C=O) groups excluding carboxylic acids is 4. The lowest BCUT2D eigenvalue weighted by Gasteiger charge is -2.10. The van der Waals surface area contributed by atoms with Gasteiger partial charge in [-0.3, -0.25) is 0 Å². The summed E-state index contributed by atoms with van der Waals surface area (Å²) in [5.41, 5.74) is 1.50. The summed E-state index contributed by atoms with van der Waals surface area (Å²) in [4.78, 5) is 45.0. The van der Waals surface area contributed by atoms with E-state index in [4.69, 9.17) is 19.0 Å². The number of allylic oxidation sites excluding steroid dienone is 4. The van der Waals surface area contributed by atoms with Crippen LogP contribution in [0.3, 0.4) is 0 Å². The molecule has 0 amide bonds. The van der Waals surface area contributed by atoms with Crippen LogP contribution in [0.25, 0.3) is 0 Å². The number of hydrogen-bond acceptors (Lipinski definition) is 8. The maximum Gasteiger partial charge on any atom is 0.343 e. The molecule has 1 aliphatic rings. The van der Waals surface area contributed by atoms with Gasteiger partial charge in [0.2, 0.25) is 0 Å². The second kappa shape index (κ2) is 15.2. The zero-order valence-electron chi connectivity index (χ0n) is 20.2. The number of hydrogen-bond donors (Lipinski definition) is 1. The van der Waals surface area contributed by atoms with Gasteiger partial charge in [-0.2, -0.15) is 0 Å². The van der Waals surface area contributed by atoms with Crippen LogP contribution < -0.4 is 0 Å². The average Bonchev–Trinajstić information content (AvgIpc) is 3.08. The maximum atomic E-state index is 12.5. The van der Waals surface area contributed by atoms with Crippen LogP contribution >= 0.6 is 0 Å². The van der Waals surface area contributed by atoms with Crippen LogP contribution in [0, 0.1) is 13.3 Å². The van der Waals surface area contributed by atoms with Crippen LogP contribution in [0.5, 0.6) is 5.75 Å².